The Labute approximate surface area is 161 Å². The highest BCUT2D eigenvalue weighted by Gasteiger charge is 2.59. The van der Waals surface area contributed by atoms with Crippen LogP contribution in [0.5, 0.6) is 0 Å². The van der Waals surface area contributed by atoms with E-state index in [1.807, 2.05) is 37.5 Å². The summed E-state index contributed by atoms with van der Waals surface area (Å²) >= 11 is 0. The Morgan fingerprint density at radius 2 is 2.18 bits per heavy atom. The molecule has 0 aliphatic carbocycles. The fourth-order valence-corrected chi connectivity index (χ4v) is 4.56. The number of aromatic nitrogens is 3. The van der Waals surface area contributed by atoms with E-state index in [9.17, 15) is 9.59 Å². The number of rotatable bonds is 2. The van der Waals surface area contributed by atoms with Crippen LogP contribution in [0.25, 0.3) is 0 Å². The summed E-state index contributed by atoms with van der Waals surface area (Å²) in [6.45, 7) is 2.13. The number of nitrogens with one attached hydrogen (secondary N) is 1. The van der Waals surface area contributed by atoms with Gasteiger partial charge in [0.05, 0.1) is 12.2 Å². The van der Waals surface area contributed by atoms with E-state index in [1.54, 1.807) is 22.7 Å². The summed E-state index contributed by atoms with van der Waals surface area (Å²) in [6, 6.07) is 7.20. The summed E-state index contributed by atoms with van der Waals surface area (Å²) in [5.41, 5.74) is 1.93. The third kappa shape index (κ3) is 2.17. The number of amides is 2. The van der Waals surface area contributed by atoms with Crippen molar-refractivity contribution >= 4 is 17.5 Å². The molecule has 1 N–H and O–H groups in total. The van der Waals surface area contributed by atoms with Crippen LogP contribution < -0.4 is 5.32 Å². The molecule has 2 aromatic heterocycles. The highest BCUT2D eigenvalue weighted by molar-refractivity contribution is 6.08. The molecule has 3 aromatic rings. The van der Waals surface area contributed by atoms with Crippen LogP contribution >= 0.6 is 0 Å². The quantitative estimate of drug-likeness (QED) is 0.739. The highest BCUT2D eigenvalue weighted by atomic mass is 16.3. The number of likely N-dealkylation sites (tertiary alicyclic amines) is 1. The first-order valence-corrected chi connectivity index (χ1v) is 9.13. The number of carbonyl (C=O) groups is 2. The average molecular weight is 377 g/mol. The smallest absolute Gasteiger partial charge is 0.276 e. The lowest BCUT2D eigenvalue weighted by Crippen LogP contribution is -2.42. The second-order valence-corrected chi connectivity index (χ2v) is 7.32. The standard InChI is InChI=1S/C20H19N5O3/c1-12-22-16(11-28-12)18(26)25-8-7-20(17(25)13-9-21-24(2)10-13)14-5-3-4-6-15(14)23-19(20)27/h3-6,9-11,17H,7-8H2,1-2H3,(H,23,27)/t17-,20+/m0/s1. The third-order valence-electron chi connectivity index (χ3n) is 5.73. The molecule has 142 valence electrons. The Morgan fingerprint density at radius 3 is 2.89 bits per heavy atom. The molecule has 1 spiro atoms. The van der Waals surface area contributed by atoms with Crippen molar-refractivity contribution in [2.75, 3.05) is 11.9 Å². The second-order valence-electron chi connectivity index (χ2n) is 7.32. The highest BCUT2D eigenvalue weighted by Crippen LogP contribution is 2.54. The van der Waals surface area contributed by atoms with E-state index in [1.165, 1.54) is 6.26 Å². The molecule has 0 saturated carbocycles. The van der Waals surface area contributed by atoms with Crippen molar-refractivity contribution in [2.24, 2.45) is 7.05 Å². The number of hydrogen-bond donors (Lipinski definition) is 1. The number of para-hydroxylation sites is 1. The first-order chi connectivity index (χ1) is 13.5. The van der Waals surface area contributed by atoms with Crippen molar-refractivity contribution < 1.29 is 14.0 Å². The normalized spacial score (nSPS) is 23.3. The molecule has 5 rings (SSSR count). The minimum Gasteiger partial charge on any atom is -0.448 e. The largest absolute Gasteiger partial charge is 0.448 e. The number of carbonyl (C=O) groups excluding carboxylic acids is 2. The monoisotopic (exact) mass is 377 g/mol. The predicted octanol–water partition coefficient (Wildman–Crippen LogP) is 2.19. The van der Waals surface area contributed by atoms with Crippen LogP contribution in [0, 0.1) is 6.92 Å². The summed E-state index contributed by atoms with van der Waals surface area (Å²) in [7, 11) is 1.82. The molecule has 2 aliphatic rings. The minimum atomic E-state index is -0.853. The van der Waals surface area contributed by atoms with E-state index >= 15 is 0 Å². The van der Waals surface area contributed by atoms with Gasteiger partial charge in [-0.05, 0) is 18.1 Å². The summed E-state index contributed by atoms with van der Waals surface area (Å²) in [4.78, 5) is 32.4. The van der Waals surface area contributed by atoms with Crippen LogP contribution in [0.3, 0.4) is 0 Å². The maximum Gasteiger partial charge on any atom is 0.276 e. The van der Waals surface area contributed by atoms with Gasteiger partial charge >= 0.3 is 0 Å². The fourth-order valence-electron chi connectivity index (χ4n) is 4.56. The van der Waals surface area contributed by atoms with Gasteiger partial charge in [0.15, 0.2) is 11.6 Å². The van der Waals surface area contributed by atoms with Gasteiger partial charge < -0.3 is 14.6 Å². The Morgan fingerprint density at radius 1 is 1.36 bits per heavy atom. The first-order valence-electron chi connectivity index (χ1n) is 9.13. The Balaban J connectivity index is 1.67. The number of hydrogen-bond acceptors (Lipinski definition) is 5. The lowest BCUT2D eigenvalue weighted by Gasteiger charge is -2.33. The number of anilines is 1. The maximum atomic E-state index is 13.3. The van der Waals surface area contributed by atoms with Crippen LogP contribution in [0.15, 0.2) is 47.3 Å². The van der Waals surface area contributed by atoms with Crippen molar-refractivity contribution in [1.82, 2.24) is 19.7 Å². The number of nitrogens with zero attached hydrogens (tertiary/aromatic N) is 4. The number of oxazole rings is 1. The summed E-state index contributed by atoms with van der Waals surface area (Å²) in [5.74, 6) is 0.0908. The van der Waals surface area contributed by atoms with Crippen LogP contribution in [-0.4, -0.2) is 38.0 Å². The molecular weight excluding hydrogens is 358 g/mol. The average Bonchev–Trinajstić information content (AvgIpc) is 3.43. The van der Waals surface area contributed by atoms with Gasteiger partial charge in [0, 0.05) is 38.0 Å². The van der Waals surface area contributed by atoms with Gasteiger partial charge in [-0.15, -0.1) is 0 Å². The second kappa shape index (κ2) is 5.79. The molecule has 2 aliphatic heterocycles. The molecule has 2 amide bonds. The van der Waals surface area contributed by atoms with Gasteiger partial charge in [-0.25, -0.2) is 4.98 Å². The molecule has 0 unspecified atom stereocenters. The number of fused-ring (bicyclic) bond motifs is 2. The van der Waals surface area contributed by atoms with Gasteiger partial charge in [0.2, 0.25) is 5.91 Å². The molecule has 0 bridgehead atoms. The van der Waals surface area contributed by atoms with Crippen LogP contribution in [0.1, 0.15) is 40.0 Å². The van der Waals surface area contributed by atoms with Crippen LogP contribution in [-0.2, 0) is 17.3 Å². The van der Waals surface area contributed by atoms with Crippen LogP contribution in [0.2, 0.25) is 0 Å². The van der Waals surface area contributed by atoms with E-state index < -0.39 is 11.5 Å². The topological polar surface area (TPSA) is 93.3 Å². The molecule has 1 fully saturated rings. The van der Waals surface area contributed by atoms with E-state index in [0.717, 1.165) is 16.8 Å². The van der Waals surface area contributed by atoms with Crippen molar-refractivity contribution in [3.63, 3.8) is 0 Å². The van der Waals surface area contributed by atoms with E-state index in [4.69, 9.17) is 4.42 Å². The van der Waals surface area contributed by atoms with Crippen molar-refractivity contribution in [3.05, 3.63) is 65.6 Å². The third-order valence-corrected chi connectivity index (χ3v) is 5.73. The Kier molecular flexibility index (Phi) is 3.46. The van der Waals surface area contributed by atoms with Gasteiger partial charge in [0.1, 0.15) is 11.7 Å². The molecule has 8 nitrogen and oxygen atoms in total. The van der Waals surface area contributed by atoms with Crippen molar-refractivity contribution in [1.29, 1.82) is 0 Å². The molecule has 28 heavy (non-hydrogen) atoms. The zero-order valence-electron chi connectivity index (χ0n) is 15.5. The molecule has 1 saturated heterocycles. The summed E-state index contributed by atoms with van der Waals surface area (Å²) in [5, 5.41) is 7.28. The molecule has 2 atom stereocenters. The summed E-state index contributed by atoms with van der Waals surface area (Å²) < 4.78 is 6.91. The number of benzene rings is 1. The molecule has 0 radical (unpaired) electrons. The van der Waals surface area contributed by atoms with Crippen LogP contribution in [0.4, 0.5) is 5.69 Å². The minimum absolute atomic E-state index is 0.0887. The zero-order valence-corrected chi connectivity index (χ0v) is 15.5. The fraction of sp³-hybridized carbons (Fsp3) is 0.300. The molecular formula is C20H19N5O3. The number of aryl methyl sites for hydroxylation is 2. The molecule has 1 aromatic carbocycles. The van der Waals surface area contributed by atoms with E-state index in [0.29, 0.717) is 18.9 Å². The zero-order chi connectivity index (χ0) is 19.5. The van der Waals surface area contributed by atoms with Gasteiger partial charge in [0.25, 0.3) is 5.91 Å². The maximum absolute atomic E-state index is 13.3. The van der Waals surface area contributed by atoms with E-state index in [2.05, 4.69) is 15.4 Å². The summed E-state index contributed by atoms with van der Waals surface area (Å²) in [6.07, 6.45) is 5.48. The first kappa shape index (κ1) is 16.7. The SMILES string of the molecule is Cc1nc(C(=O)N2CC[C@]3(C(=O)Nc4ccccc43)[C@@H]2c2cnn(C)c2)co1. The van der Waals surface area contributed by atoms with Crippen molar-refractivity contribution in [2.45, 2.75) is 24.8 Å². The van der Waals surface area contributed by atoms with Crippen molar-refractivity contribution in [3.8, 4) is 0 Å². The molecule has 8 heteroatoms. The van der Waals surface area contributed by atoms with Gasteiger partial charge in [-0.3, -0.25) is 14.3 Å². The predicted molar refractivity (Wildman–Crippen MR) is 99.6 cm³/mol. The molecule has 4 heterocycles. The lowest BCUT2D eigenvalue weighted by atomic mass is 9.73. The van der Waals surface area contributed by atoms with E-state index in [-0.39, 0.29) is 17.5 Å². The Hall–Kier alpha value is -3.42. The Bertz CT molecular complexity index is 1100. The van der Waals surface area contributed by atoms with Gasteiger partial charge in [-0.1, -0.05) is 18.2 Å². The lowest BCUT2D eigenvalue weighted by molar-refractivity contribution is -0.121. The van der Waals surface area contributed by atoms with Gasteiger partial charge in [-0.2, -0.15) is 5.10 Å².